The topological polar surface area (TPSA) is 21.3 Å². The molecule has 0 aliphatic heterocycles. The summed E-state index contributed by atoms with van der Waals surface area (Å²) in [4.78, 5) is 0. The van der Waals surface area contributed by atoms with Crippen LogP contribution in [0.2, 0.25) is 5.02 Å². The summed E-state index contributed by atoms with van der Waals surface area (Å²) in [5, 5.41) is 4.05. The van der Waals surface area contributed by atoms with Gasteiger partial charge in [0, 0.05) is 21.2 Å². The Morgan fingerprint density at radius 1 is 1.11 bits per heavy atom. The molecular formula is C14H12Br2ClNO. The van der Waals surface area contributed by atoms with E-state index < -0.39 is 0 Å². The smallest absolute Gasteiger partial charge is 0.119 e. The summed E-state index contributed by atoms with van der Waals surface area (Å²) in [5.74, 6) is 0.845. The number of nitrogens with one attached hydrogen (secondary N) is 1. The Bertz CT molecular complexity index is 590. The number of hydrogen-bond donors (Lipinski definition) is 1. The Morgan fingerprint density at radius 2 is 1.89 bits per heavy atom. The number of methoxy groups -OCH3 is 1. The van der Waals surface area contributed by atoms with E-state index in [0.29, 0.717) is 11.6 Å². The van der Waals surface area contributed by atoms with Crippen LogP contribution in [0.15, 0.2) is 45.3 Å². The third kappa shape index (κ3) is 3.88. The van der Waals surface area contributed by atoms with E-state index in [1.54, 1.807) is 7.11 Å². The predicted octanol–water partition coefficient (Wildman–Crippen LogP) is 5.49. The molecule has 0 heterocycles. The van der Waals surface area contributed by atoms with Crippen LogP contribution in [0.3, 0.4) is 0 Å². The monoisotopic (exact) mass is 403 g/mol. The molecule has 0 saturated heterocycles. The second-order valence-electron chi connectivity index (χ2n) is 3.94. The second kappa shape index (κ2) is 6.64. The van der Waals surface area contributed by atoms with Gasteiger partial charge in [0.2, 0.25) is 0 Å². The molecule has 0 unspecified atom stereocenters. The lowest BCUT2D eigenvalue weighted by Gasteiger charge is -2.10. The van der Waals surface area contributed by atoms with E-state index in [9.17, 15) is 0 Å². The highest BCUT2D eigenvalue weighted by atomic mass is 79.9. The molecule has 19 heavy (non-hydrogen) atoms. The quantitative estimate of drug-likeness (QED) is 0.727. The van der Waals surface area contributed by atoms with Crippen molar-refractivity contribution in [1.29, 1.82) is 0 Å². The molecule has 2 aromatic carbocycles. The number of rotatable bonds is 4. The number of anilines is 1. The summed E-state index contributed by atoms with van der Waals surface area (Å²) in [6.45, 7) is 0.700. The molecule has 1 N–H and O–H groups in total. The molecule has 0 aromatic heterocycles. The van der Waals surface area contributed by atoms with Crippen molar-refractivity contribution in [2.24, 2.45) is 0 Å². The molecular weight excluding hydrogens is 393 g/mol. The first-order chi connectivity index (χ1) is 9.10. The van der Waals surface area contributed by atoms with Gasteiger partial charge in [-0.1, -0.05) is 27.5 Å². The number of hydrogen-bond acceptors (Lipinski definition) is 2. The highest BCUT2D eigenvalue weighted by molar-refractivity contribution is 9.10. The molecule has 0 saturated carbocycles. The highest BCUT2D eigenvalue weighted by Gasteiger charge is 2.03. The second-order valence-corrected chi connectivity index (χ2v) is 6.06. The lowest BCUT2D eigenvalue weighted by molar-refractivity contribution is 0.414. The first-order valence-corrected chi connectivity index (χ1v) is 7.58. The van der Waals surface area contributed by atoms with Gasteiger partial charge in [-0.3, -0.25) is 0 Å². The van der Waals surface area contributed by atoms with Crippen molar-refractivity contribution in [2.75, 3.05) is 12.4 Å². The Morgan fingerprint density at radius 3 is 2.58 bits per heavy atom. The Balaban J connectivity index is 2.11. The average molecular weight is 406 g/mol. The van der Waals surface area contributed by atoms with Crippen LogP contribution in [-0.2, 0) is 6.54 Å². The van der Waals surface area contributed by atoms with Crippen molar-refractivity contribution >= 4 is 49.1 Å². The highest BCUT2D eigenvalue weighted by Crippen LogP contribution is 2.27. The van der Waals surface area contributed by atoms with Crippen LogP contribution in [0.4, 0.5) is 5.69 Å². The predicted molar refractivity (Wildman–Crippen MR) is 87.2 cm³/mol. The molecule has 0 atom stereocenters. The van der Waals surface area contributed by atoms with Crippen LogP contribution in [0.1, 0.15) is 5.56 Å². The Hall–Kier alpha value is -0.710. The Labute approximate surface area is 134 Å². The van der Waals surface area contributed by atoms with Gasteiger partial charge < -0.3 is 10.1 Å². The normalized spacial score (nSPS) is 10.3. The minimum atomic E-state index is 0.700. The summed E-state index contributed by atoms with van der Waals surface area (Å²) < 4.78 is 7.15. The average Bonchev–Trinajstić information content (AvgIpc) is 2.41. The largest absolute Gasteiger partial charge is 0.497 e. The van der Waals surface area contributed by atoms with Gasteiger partial charge in [-0.15, -0.1) is 0 Å². The van der Waals surface area contributed by atoms with Gasteiger partial charge in [0.1, 0.15) is 5.75 Å². The maximum atomic E-state index is 5.96. The minimum Gasteiger partial charge on any atom is -0.497 e. The van der Waals surface area contributed by atoms with Crippen LogP contribution < -0.4 is 10.1 Å². The van der Waals surface area contributed by atoms with Crippen molar-refractivity contribution in [1.82, 2.24) is 0 Å². The van der Waals surface area contributed by atoms with Crippen LogP contribution in [-0.4, -0.2) is 7.11 Å². The molecule has 2 rings (SSSR count). The third-order valence-corrected chi connectivity index (χ3v) is 4.64. The lowest BCUT2D eigenvalue weighted by atomic mass is 10.2. The van der Waals surface area contributed by atoms with E-state index >= 15 is 0 Å². The van der Waals surface area contributed by atoms with Gasteiger partial charge in [-0.2, -0.15) is 0 Å². The molecule has 2 aromatic rings. The van der Waals surface area contributed by atoms with E-state index in [4.69, 9.17) is 16.3 Å². The van der Waals surface area contributed by atoms with E-state index in [2.05, 4.69) is 37.2 Å². The van der Waals surface area contributed by atoms with Gasteiger partial charge in [0.25, 0.3) is 0 Å². The summed E-state index contributed by atoms with van der Waals surface area (Å²) in [6, 6.07) is 11.7. The van der Waals surface area contributed by atoms with Gasteiger partial charge in [-0.25, -0.2) is 0 Å². The number of ether oxygens (including phenoxy) is 1. The molecule has 0 amide bonds. The lowest BCUT2D eigenvalue weighted by Crippen LogP contribution is -2.00. The van der Waals surface area contributed by atoms with Crippen molar-refractivity contribution in [3.8, 4) is 5.75 Å². The fourth-order valence-corrected chi connectivity index (χ4v) is 2.50. The fraction of sp³-hybridized carbons (Fsp3) is 0.143. The summed E-state index contributed by atoms with van der Waals surface area (Å²) in [7, 11) is 1.66. The minimum absolute atomic E-state index is 0.700. The van der Waals surface area contributed by atoms with Crippen molar-refractivity contribution in [3.63, 3.8) is 0 Å². The molecule has 100 valence electrons. The molecule has 5 heteroatoms. The zero-order chi connectivity index (χ0) is 13.8. The summed E-state index contributed by atoms with van der Waals surface area (Å²) >= 11 is 12.9. The van der Waals surface area contributed by atoms with Crippen molar-refractivity contribution < 1.29 is 4.74 Å². The molecule has 0 radical (unpaired) electrons. The van der Waals surface area contributed by atoms with Gasteiger partial charge in [0.05, 0.1) is 12.1 Å². The first-order valence-electron chi connectivity index (χ1n) is 5.61. The van der Waals surface area contributed by atoms with E-state index in [1.807, 2.05) is 36.4 Å². The molecule has 0 aliphatic rings. The van der Waals surface area contributed by atoms with E-state index in [0.717, 1.165) is 25.9 Å². The van der Waals surface area contributed by atoms with Crippen molar-refractivity contribution in [2.45, 2.75) is 6.54 Å². The fourth-order valence-electron chi connectivity index (χ4n) is 1.62. The maximum Gasteiger partial charge on any atom is 0.119 e. The number of halogens is 3. The zero-order valence-electron chi connectivity index (χ0n) is 10.2. The third-order valence-electron chi connectivity index (χ3n) is 2.66. The molecule has 0 fully saturated rings. The maximum absolute atomic E-state index is 5.96. The van der Waals surface area contributed by atoms with Crippen LogP contribution in [0.5, 0.6) is 5.75 Å². The molecule has 2 nitrogen and oxygen atoms in total. The summed E-state index contributed by atoms with van der Waals surface area (Å²) in [6.07, 6.45) is 0. The van der Waals surface area contributed by atoms with Crippen molar-refractivity contribution in [3.05, 3.63) is 55.9 Å². The first kappa shape index (κ1) is 14.7. The van der Waals surface area contributed by atoms with Crippen LogP contribution in [0, 0.1) is 0 Å². The molecule has 0 spiro atoms. The van der Waals surface area contributed by atoms with Crippen LogP contribution in [0.25, 0.3) is 0 Å². The standard InChI is InChI=1S/C14H12Br2ClNO/c1-19-11-3-4-12(15)9(6-11)8-18-10-2-5-14(17)13(16)7-10/h2-7,18H,8H2,1H3. The molecule has 0 aliphatic carbocycles. The molecule has 0 bridgehead atoms. The van der Waals surface area contributed by atoms with Gasteiger partial charge in [0.15, 0.2) is 0 Å². The van der Waals surface area contributed by atoms with E-state index in [1.165, 1.54) is 0 Å². The summed E-state index contributed by atoms with van der Waals surface area (Å²) in [5.41, 5.74) is 2.14. The van der Waals surface area contributed by atoms with Gasteiger partial charge in [-0.05, 0) is 57.9 Å². The Kier molecular flexibility index (Phi) is 5.13. The zero-order valence-corrected chi connectivity index (χ0v) is 14.1. The van der Waals surface area contributed by atoms with Gasteiger partial charge >= 0.3 is 0 Å². The number of benzene rings is 2. The van der Waals surface area contributed by atoms with Crippen LogP contribution >= 0.6 is 43.5 Å². The van der Waals surface area contributed by atoms with E-state index in [-0.39, 0.29) is 0 Å². The SMILES string of the molecule is COc1ccc(Br)c(CNc2ccc(Cl)c(Br)c2)c1.